The number of fused-ring (bicyclic) bond motifs is 1. The number of hydrogen-bond donors (Lipinski definition) is 0. The smallest absolute Gasteiger partial charge is 0.123 e. The lowest BCUT2D eigenvalue weighted by Crippen LogP contribution is -2.35. The molecule has 3 heteroatoms. The summed E-state index contributed by atoms with van der Waals surface area (Å²) in [4.78, 5) is 4.78. The Hall–Kier alpha value is -5.54. The summed E-state index contributed by atoms with van der Waals surface area (Å²) in [5, 5.41) is 0.822. The van der Waals surface area contributed by atoms with Crippen molar-refractivity contribution in [1.82, 2.24) is 4.98 Å². The van der Waals surface area contributed by atoms with Crippen LogP contribution in [-0.4, -0.2) is 11.6 Å². The van der Waals surface area contributed by atoms with Crippen molar-refractivity contribution < 1.29 is 9.13 Å². The van der Waals surface area contributed by atoms with Crippen molar-refractivity contribution in [3.8, 4) is 5.75 Å². The van der Waals surface area contributed by atoms with Crippen LogP contribution in [0.4, 0.5) is 4.39 Å². The average molecular weight is 683 g/mol. The number of pyridine rings is 1. The van der Waals surface area contributed by atoms with Gasteiger partial charge in [-0.2, -0.15) is 0 Å². The number of hydrogen-bond acceptors (Lipinski definition) is 2. The monoisotopic (exact) mass is 682 g/mol. The van der Waals surface area contributed by atoms with Gasteiger partial charge in [-0.25, -0.2) is 4.39 Å². The van der Waals surface area contributed by atoms with E-state index in [0.29, 0.717) is 6.61 Å². The van der Waals surface area contributed by atoms with Crippen LogP contribution < -0.4 is 4.74 Å². The van der Waals surface area contributed by atoms with Crippen molar-refractivity contribution in [3.05, 3.63) is 208 Å². The molecule has 0 saturated heterocycles. The van der Waals surface area contributed by atoms with Gasteiger partial charge in [0.25, 0.3) is 0 Å². The molecule has 7 rings (SSSR count). The zero-order chi connectivity index (χ0) is 36.1. The highest BCUT2D eigenvalue weighted by Crippen LogP contribution is 2.47. The predicted octanol–water partition coefficient (Wildman–Crippen LogP) is 12.3. The molecule has 259 valence electrons. The summed E-state index contributed by atoms with van der Waals surface area (Å²) >= 11 is 0. The molecular weight excluding hydrogens is 638 g/mol. The summed E-state index contributed by atoms with van der Waals surface area (Å²) < 4.78 is 20.0. The fourth-order valence-electron chi connectivity index (χ4n) is 7.49. The average Bonchev–Trinajstić information content (AvgIpc) is 3.93. The van der Waals surface area contributed by atoms with Crippen molar-refractivity contribution in [2.75, 3.05) is 6.61 Å². The maximum atomic E-state index is 13.6. The number of ether oxygens (including phenoxy) is 1. The van der Waals surface area contributed by atoms with Crippen LogP contribution in [0.1, 0.15) is 66.3 Å². The predicted molar refractivity (Wildman–Crippen MR) is 215 cm³/mol. The third kappa shape index (κ3) is 7.41. The normalized spacial score (nSPS) is 14.5. The summed E-state index contributed by atoms with van der Waals surface area (Å²) in [5.74, 6) is 2.18. The molecule has 0 bridgehead atoms. The van der Waals surface area contributed by atoms with Crippen LogP contribution in [0.3, 0.4) is 0 Å². The van der Waals surface area contributed by atoms with Crippen molar-refractivity contribution in [3.63, 3.8) is 0 Å². The van der Waals surface area contributed by atoms with Crippen LogP contribution in [0.5, 0.6) is 5.75 Å². The zero-order valence-corrected chi connectivity index (χ0v) is 30.4. The molecule has 1 aromatic heterocycles. The van der Waals surface area contributed by atoms with E-state index < -0.39 is 0 Å². The van der Waals surface area contributed by atoms with Gasteiger partial charge in [-0.15, -0.1) is 0 Å². The molecule has 1 radical (unpaired) electrons. The van der Waals surface area contributed by atoms with E-state index in [0.717, 1.165) is 40.8 Å². The van der Waals surface area contributed by atoms with Gasteiger partial charge in [-0.1, -0.05) is 142 Å². The number of benzene rings is 5. The van der Waals surface area contributed by atoms with Gasteiger partial charge in [0.15, 0.2) is 0 Å². The molecule has 0 saturated carbocycles. The number of aromatic nitrogens is 1. The second kappa shape index (κ2) is 15.4. The summed E-state index contributed by atoms with van der Waals surface area (Å²) in [6.45, 7) is 9.43. The van der Waals surface area contributed by atoms with E-state index in [9.17, 15) is 4.39 Å². The van der Waals surface area contributed by atoms with E-state index in [1.807, 2.05) is 12.1 Å². The van der Waals surface area contributed by atoms with Crippen LogP contribution in [-0.2, 0) is 11.8 Å². The maximum absolute atomic E-state index is 13.6. The van der Waals surface area contributed by atoms with Crippen LogP contribution in [0.2, 0.25) is 0 Å². The molecule has 2 nitrogen and oxygen atoms in total. The minimum Gasteiger partial charge on any atom is -0.489 e. The molecule has 0 N–H and O–H groups in total. The number of aryl methyl sites for hydroxylation is 1. The molecule has 52 heavy (non-hydrogen) atoms. The largest absolute Gasteiger partial charge is 0.489 e. The highest BCUT2D eigenvalue weighted by atomic mass is 19.1. The molecule has 1 aliphatic rings. The van der Waals surface area contributed by atoms with E-state index >= 15 is 0 Å². The van der Waals surface area contributed by atoms with Gasteiger partial charge in [0.05, 0.1) is 5.52 Å². The highest BCUT2D eigenvalue weighted by molar-refractivity contribution is 5.93. The van der Waals surface area contributed by atoms with Crippen molar-refractivity contribution in [2.45, 2.75) is 46.0 Å². The van der Waals surface area contributed by atoms with Crippen LogP contribution in [0, 0.1) is 24.6 Å². The number of allylic oxidation sites excluding steroid dienone is 3. The van der Waals surface area contributed by atoms with E-state index in [2.05, 4.69) is 155 Å². The van der Waals surface area contributed by atoms with Crippen LogP contribution in [0.15, 0.2) is 157 Å². The lowest BCUT2D eigenvalue weighted by molar-refractivity contribution is 0.354. The van der Waals surface area contributed by atoms with E-state index in [-0.39, 0.29) is 17.2 Å². The minimum atomic E-state index is -0.360. The minimum absolute atomic E-state index is 0.238. The molecule has 6 aromatic rings. The Kier molecular flexibility index (Phi) is 10.3. The third-order valence-electron chi connectivity index (χ3n) is 10.3. The number of halogens is 1. The van der Waals surface area contributed by atoms with Crippen molar-refractivity contribution in [1.29, 1.82) is 0 Å². The Morgan fingerprint density at radius 3 is 2.19 bits per heavy atom. The Labute approximate surface area is 308 Å². The fourth-order valence-corrected chi connectivity index (χ4v) is 7.49. The first-order valence-electron chi connectivity index (χ1n) is 18.3. The SMILES string of the molecule is CC/C=C(/C=C\c1ccccc1C)COc1ccc(C(c2ccccc2)(c2ccc(C3=C[C]3Cc3ccc4cc(F)ccc4n3)cc2)C(C)C)cc1. The van der Waals surface area contributed by atoms with Gasteiger partial charge >= 0.3 is 0 Å². The van der Waals surface area contributed by atoms with Gasteiger partial charge in [0, 0.05) is 28.8 Å². The molecule has 5 aromatic carbocycles. The zero-order valence-electron chi connectivity index (χ0n) is 30.4. The quantitative estimate of drug-likeness (QED) is 0.0893. The molecule has 0 aliphatic heterocycles. The molecule has 1 aliphatic carbocycles. The summed E-state index contributed by atoms with van der Waals surface area (Å²) in [6, 6.07) is 45.8. The first-order chi connectivity index (χ1) is 25.3. The van der Waals surface area contributed by atoms with Crippen LogP contribution >= 0.6 is 0 Å². The maximum Gasteiger partial charge on any atom is 0.123 e. The van der Waals surface area contributed by atoms with Crippen molar-refractivity contribution >= 4 is 22.6 Å². The number of nitrogens with zero attached hydrogens (tertiary/aromatic N) is 1. The van der Waals surface area contributed by atoms with E-state index in [1.165, 1.54) is 57.0 Å². The molecule has 1 unspecified atom stereocenters. The molecular formula is C49H45FNO. The molecule has 0 fully saturated rings. The Morgan fingerprint density at radius 1 is 0.788 bits per heavy atom. The van der Waals surface area contributed by atoms with Gasteiger partial charge in [0.1, 0.15) is 18.2 Å². The topological polar surface area (TPSA) is 22.1 Å². The Balaban J connectivity index is 1.10. The Bertz CT molecular complexity index is 2250. The standard InChI is InChI=1S/C49H45FNO/c1-5-11-36(16-17-37-13-10-9-12-35(37)4)33-52-46-27-23-43(24-28-46)49(34(2)3,41-14-7-6-8-15-41)42-21-18-38(19-22-42)47-32-40(47)31-45-26-20-39-30-44(50)25-29-48(39)51-45/h6-30,32,34H,5,31,33H2,1-4H3/b17-16-,36-11-. The van der Waals surface area contributed by atoms with E-state index in [1.54, 1.807) is 6.07 Å². The lowest BCUT2D eigenvalue weighted by Gasteiger charge is -2.40. The fraction of sp³-hybridized carbons (Fsp3) is 0.184. The molecule has 1 atom stereocenters. The van der Waals surface area contributed by atoms with Crippen molar-refractivity contribution in [2.24, 2.45) is 5.92 Å². The first kappa shape index (κ1) is 34.9. The molecule has 1 heterocycles. The van der Waals surface area contributed by atoms with Gasteiger partial charge in [-0.05, 0) is 100 Å². The first-order valence-corrected chi connectivity index (χ1v) is 18.3. The molecule has 0 amide bonds. The van der Waals surface area contributed by atoms with Gasteiger partial charge < -0.3 is 4.74 Å². The third-order valence-corrected chi connectivity index (χ3v) is 10.3. The van der Waals surface area contributed by atoms with E-state index in [4.69, 9.17) is 9.72 Å². The van der Waals surface area contributed by atoms with Crippen LogP contribution in [0.25, 0.3) is 22.6 Å². The van der Waals surface area contributed by atoms with Gasteiger partial charge in [-0.3, -0.25) is 4.98 Å². The lowest BCUT2D eigenvalue weighted by atomic mass is 9.63. The molecule has 0 spiro atoms. The Morgan fingerprint density at radius 2 is 1.48 bits per heavy atom. The number of rotatable bonds is 13. The summed E-state index contributed by atoms with van der Waals surface area (Å²) in [6.07, 6.45) is 10.5. The highest BCUT2D eigenvalue weighted by Gasteiger charge is 2.40. The summed E-state index contributed by atoms with van der Waals surface area (Å²) in [7, 11) is 0. The summed E-state index contributed by atoms with van der Waals surface area (Å²) in [5.41, 5.74) is 11.3. The second-order valence-electron chi connectivity index (χ2n) is 14.0. The second-order valence-corrected chi connectivity index (χ2v) is 14.0. The van der Waals surface area contributed by atoms with Gasteiger partial charge in [0.2, 0.25) is 0 Å².